The van der Waals surface area contributed by atoms with Gasteiger partial charge in [-0.2, -0.15) is 0 Å². The molecule has 44 heavy (non-hydrogen) atoms. The minimum absolute atomic E-state index is 0.0268. The second-order valence-electron chi connectivity index (χ2n) is 10.4. The molecule has 1 aromatic heterocycles. The first kappa shape index (κ1) is 31.4. The third kappa shape index (κ3) is 6.85. The number of nitrogens with two attached hydrogens (primary N) is 1. The summed E-state index contributed by atoms with van der Waals surface area (Å²) in [5.41, 5.74) is 5.32. The van der Waals surface area contributed by atoms with Gasteiger partial charge in [-0.3, -0.25) is 14.5 Å². The Bertz CT molecular complexity index is 1370. The maximum absolute atomic E-state index is 13.4. The lowest BCUT2D eigenvalue weighted by Gasteiger charge is -2.49. The molecule has 1 aliphatic carbocycles. The number of thioether (sulfide) groups is 1. The topological polar surface area (TPSA) is 212 Å². The highest BCUT2D eigenvalue weighted by molar-refractivity contribution is 8.00. The van der Waals surface area contributed by atoms with E-state index in [4.69, 9.17) is 24.7 Å². The smallest absolute Gasteiger partial charge is 0.445 e. The highest BCUT2D eigenvalue weighted by Gasteiger charge is 2.55. The number of carbonyl (C=O) groups excluding carboxylic acids is 5. The van der Waals surface area contributed by atoms with E-state index >= 15 is 0 Å². The molecule has 4 aliphatic rings. The van der Waals surface area contributed by atoms with Gasteiger partial charge in [0.25, 0.3) is 11.8 Å². The molecule has 18 heteroatoms. The molecule has 5 rings (SSSR count). The number of rotatable bonds is 9. The van der Waals surface area contributed by atoms with E-state index in [1.807, 2.05) is 0 Å². The van der Waals surface area contributed by atoms with Crippen molar-refractivity contribution in [3.05, 3.63) is 22.3 Å². The molecule has 3 aliphatic heterocycles. The van der Waals surface area contributed by atoms with Gasteiger partial charge in [-0.25, -0.2) is 19.4 Å². The normalized spacial score (nSPS) is 22.7. The summed E-state index contributed by atoms with van der Waals surface area (Å²) in [7, 11) is 0. The predicted octanol–water partition coefficient (Wildman–Crippen LogP) is 1.78. The minimum Gasteiger partial charge on any atom is -0.445 e. The molecule has 3 atom stereocenters. The van der Waals surface area contributed by atoms with E-state index in [0.29, 0.717) is 18.7 Å². The summed E-state index contributed by atoms with van der Waals surface area (Å²) in [6, 6.07) is -1.09. The maximum Gasteiger partial charge on any atom is 0.511 e. The van der Waals surface area contributed by atoms with Gasteiger partial charge < -0.3 is 40.1 Å². The Morgan fingerprint density at radius 1 is 1.18 bits per heavy atom. The van der Waals surface area contributed by atoms with E-state index in [1.165, 1.54) is 29.0 Å². The van der Waals surface area contributed by atoms with Gasteiger partial charge in [0.1, 0.15) is 35.5 Å². The van der Waals surface area contributed by atoms with E-state index in [9.17, 15) is 29.2 Å². The molecule has 16 nitrogen and oxygen atoms in total. The van der Waals surface area contributed by atoms with Crippen molar-refractivity contribution in [1.82, 2.24) is 20.1 Å². The number of carbonyl (C=O) groups is 5. The molecule has 2 saturated heterocycles. The molecule has 2 unspecified atom stereocenters. The van der Waals surface area contributed by atoms with E-state index in [-0.39, 0.29) is 35.0 Å². The summed E-state index contributed by atoms with van der Waals surface area (Å²) in [5, 5.41) is 15.8. The van der Waals surface area contributed by atoms with E-state index in [2.05, 4.69) is 15.5 Å². The Labute approximate surface area is 259 Å². The molecular weight excluding hydrogens is 620 g/mol. The first-order valence-corrected chi connectivity index (χ1v) is 16.0. The third-order valence-corrected chi connectivity index (χ3v) is 9.45. The van der Waals surface area contributed by atoms with Crippen LogP contribution in [-0.4, -0.2) is 105 Å². The zero-order valence-corrected chi connectivity index (χ0v) is 25.4. The van der Waals surface area contributed by atoms with Gasteiger partial charge in [-0.05, 0) is 32.1 Å². The molecule has 0 aromatic carbocycles. The number of nitrogen functional groups attached to an aromatic ring is 1. The van der Waals surface area contributed by atoms with E-state index < -0.39 is 53.4 Å². The average molecular weight is 653 g/mol. The van der Waals surface area contributed by atoms with Crippen molar-refractivity contribution in [3.63, 3.8) is 0 Å². The molecule has 0 radical (unpaired) electrons. The number of nitrogens with one attached hydrogen (secondary N) is 1. The Morgan fingerprint density at radius 2 is 1.93 bits per heavy atom. The lowest BCUT2D eigenvalue weighted by atomic mass is 9.98. The van der Waals surface area contributed by atoms with Crippen molar-refractivity contribution in [3.8, 4) is 0 Å². The van der Waals surface area contributed by atoms with Crippen LogP contribution in [0.5, 0.6) is 0 Å². The van der Waals surface area contributed by atoms with Crippen molar-refractivity contribution in [2.75, 3.05) is 31.2 Å². The molecule has 238 valence electrons. The SMILES string of the molecule is CC(OC(=O)OC1CCCCC1)OC(=O)C1=C(COC(=O)N2CCC2)CS[C@@H]2C(NC(=O)/C(=N\O)c3csc(N)n3)C(=O)N12. The van der Waals surface area contributed by atoms with Gasteiger partial charge >= 0.3 is 18.2 Å². The lowest BCUT2D eigenvalue weighted by Crippen LogP contribution is -2.71. The number of β-lactam (4-membered cyclic amide) rings is 1. The molecule has 3 amide bonds. The van der Waals surface area contributed by atoms with Gasteiger partial charge in [-0.1, -0.05) is 11.6 Å². The van der Waals surface area contributed by atoms with Crippen LogP contribution in [0.25, 0.3) is 0 Å². The molecule has 0 bridgehead atoms. The lowest BCUT2D eigenvalue weighted by molar-refractivity contribution is -0.170. The number of hydrogen-bond donors (Lipinski definition) is 3. The van der Waals surface area contributed by atoms with Crippen molar-refractivity contribution in [2.24, 2.45) is 5.16 Å². The second-order valence-corrected chi connectivity index (χ2v) is 12.4. The van der Waals surface area contributed by atoms with Crippen LogP contribution in [0.2, 0.25) is 0 Å². The Balaban J connectivity index is 1.27. The monoisotopic (exact) mass is 652 g/mol. The fourth-order valence-electron chi connectivity index (χ4n) is 5.05. The van der Waals surface area contributed by atoms with Gasteiger partial charge in [0.2, 0.25) is 6.29 Å². The van der Waals surface area contributed by atoms with Gasteiger partial charge in [0.15, 0.2) is 10.8 Å². The predicted molar refractivity (Wildman–Crippen MR) is 154 cm³/mol. The fraction of sp³-hybridized carbons (Fsp3) is 0.577. The number of oxime groups is 1. The summed E-state index contributed by atoms with van der Waals surface area (Å²) < 4.78 is 21.2. The van der Waals surface area contributed by atoms with Gasteiger partial charge in [0, 0.05) is 36.7 Å². The summed E-state index contributed by atoms with van der Waals surface area (Å²) in [5.74, 6) is -2.37. The zero-order chi connectivity index (χ0) is 31.4. The second kappa shape index (κ2) is 13.7. The number of anilines is 1. The van der Waals surface area contributed by atoms with Crippen LogP contribution in [-0.2, 0) is 33.3 Å². The summed E-state index contributed by atoms with van der Waals surface area (Å²) >= 11 is 2.26. The van der Waals surface area contributed by atoms with Crippen LogP contribution in [0.3, 0.4) is 0 Å². The number of ether oxygens (including phenoxy) is 4. The van der Waals surface area contributed by atoms with Crippen LogP contribution in [0.4, 0.5) is 14.7 Å². The van der Waals surface area contributed by atoms with Crippen molar-refractivity contribution < 1.29 is 48.1 Å². The molecular formula is C26H32N6O10S2. The summed E-state index contributed by atoms with van der Waals surface area (Å²) in [6.45, 7) is 2.18. The molecule has 3 fully saturated rings. The van der Waals surface area contributed by atoms with E-state index in [1.54, 1.807) is 0 Å². The van der Waals surface area contributed by atoms with Crippen molar-refractivity contribution in [2.45, 2.75) is 69.3 Å². The Morgan fingerprint density at radius 3 is 2.57 bits per heavy atom. The summed E-state index contributed by atoms with van der Waals surface area (Å²) in [6.07, 6.45) is 2.14. The van der Waals surface area contributed by atoms with E-state index in [0.717, 1.165) is 54.8 Å². The number of fused-ring (bicyclic) bond motifs is 1. The van der Waals surface area contributed by atoms with Gasteiger partial charge in [0.05, 0.1) is 0 Å². The number of nitrogens with zero attached hydrogens (tertiary/aromatic N) is 4. The first-order chi connectivity index (χ1) is 21.2. The largest absolute Gasteiger partial charge is 0.511 e. The maximum atomic E-state index is 13.4. The Hall–Kier alpha value is -4.06. The van der Waals surface area contributed by atoms with Gasteiger partial charge in [-0.15, -0.1) is 23.1 Å². The Kier molecular flexibility index (Phi) is 9.77. The fourth-order valence-corrected chi connectivity index (χ4v) is 6.93. The van der Waals surface area contributed by atoms with Crippen LogP contribution in [0.1, 0.15) is 51.1 Å². The van der Waals surface area contributed by atoms with Crippen LogP contribution >= 0.6 is 23.1 Å². The standard InChI is InChI=1S/C26H32N6O10S2/c1-13(41-26(37)42-15-6-3-2-4-7-15)40-23(35)19-14(10-39-25(36)31-8-5-9-31)11-43-22-18(21(34)32(19)22)29-20(33)17(30-38)16-12-44-24(27)28-16/h12-13,15,18,22,38H,2-11H2,1H3,(H2,27,28)(H,29,33)/b30-17-/t13?,18?,22-/m1/s1. The third-order valence-electron chi connectivity index (χ3n) is 7.44. The molecule has 0 spiro atoms. The summed E-state index contributed by atoms with van der Waals surface area (Å²) in [4.78, 5) is 70.8. The highest BCUT2D eigenvalue weighted by Crippen LogP contribution is 2.41. The number of amides is 3. The highest BCUT2D eigenvalue weighted by atomic mass is 32.2. The zero-order valence-electron chi connectivity index (χ0n) is 23.8. The molecule has 1 aromatic rings. The molecule has 4 heterocycles. The van der Waals surface area contributed by atoms with Crippen LogP contribution < -0.4 is 11.1 Å². The quantitative estimate of drug-likeness (QED) is 0.0661. The van der Waals surface area contributed by atoms with Crippen molar-refractivity contribution >= 4 is 64.0 Å². The van der Waals surface area contributed by atoms with Crippen LogP contribution in [0.15, 0.2) is 21.8 Å². The minimum atomic E-state index is -1.36. The number of likely N-dealkylation sites (tertiary alicyclic amines) is 1. The number of aromatic nitrogens is 1. The van der Waals surface area contributed by atoms with Crippen LogP contribution in [0, 0.1) is 0 Å². The number of hydrogen-bond acceptors (Lipinski definition) is 15. The average Bonchev–Trinajstić information content (AvgIpc) is 3.39. The first-order valence-electron chi connectivity index (χ1n) is 14.1. The van der Waals surface area contributed by atoms with Crippen molar-refractivity contribution in [1.29, 1.82) is 0 Å². The number of esters is 1. The molecule has 1 saturated carbocycles. The number of thiazole rings is 1. The molecule has 4 N–H and O–H groups in total.